The summed E-state index contributed by atoms with van der Waals surface area (Å²) >= 11 is 0. The van der Waals surface area contributed by atoms with Gasteiger partial charge < -0.3 is 14.2 Å². The Kier molecular flexibility index (Phi) is 6.30. The molecule has 10 nitrogen and oxygen atoms in total. The average molecular weight is 436 g/mol. The zero-order valence-electron chi connectivity index (χ0n) is 16.9. The van der Waals surface area contributed by atoms with Gasteiger partial charge in [0.2, 0.25) is 0 Å². The van der Waals surface area contributed by atoms with Gasteiger partial charge in [0.05, 0.1) is 6.54 Å². The number of hydrogen-bond acceptors (Lipinski definition) is 7. The molecule has 0 fully saturated rings. The zero-order chi connectivity index (χ0) is 22.3. The van der Waals surface area contributed by atoms with Gasteiger partial charge in [0.15, 0.2) is 17.2 Å². The van der Waals surface area contributed by atoms with E-state index in [9.17, 15) is 14.4 Å². The molecule has 4 rings (SSSR count). The number of hydrogen-bond donors (Lipinski definition) is 2. The van der Waals surface area contributed by atoms with Crippen LogP contribution in [-0.2, 0) is 6.54 Å². The van der Waals surface area contributed by atoms with E-state index >= 15 is 0 Å². The van der Waals surface area contributed by atoms with Crippen molar-refractivity contribution in [1.29, 1.82) is 0 Å². The minimum Gasteiger partial charge on any atom is -0.492 e. The van der Waals surface area contributed by atoms with Gasteiger partial charge in [0.25, 0.3) is 17.4 Å². The van der Waals surface area contributed by atoms with E-state index in [1.165, 1.54) is 18.2 Å². The molecule has 2 N–H and O–H groups in total. The fourth-order valence-corrected chi connectivity index (χ4v) is 2.93. The molecule has 10 heteroatoms. The molecule has 3 aromatic rings. The maximum Gasteiger partial charge on any atom is 0.290 e. The molecule has 0 bridgehead atoms. The van der Waals surface area contributed by atoms with Gasteiger partial charge >= 0.3 is 0 Å². The smallest absolute Gasteiger partial charge is 0.290 e. The monoisotopic (exact) mass is 436 g/mol. The number of nitrogens with one attached hydrogen (secondary N) is 2. The molecule has 0 saturated carbocycles. The highest BCUT2D eigenvalue weighted by atomic mass is 16.6. The predicted octanol–water partition coefficient (Wildman–Crippen LogP) is 1.17. The summed E-state index contributed by atoms with van der Waals surface area (Å²) in [7, 11) is 0. The maximum atomic E-state index is 12.4. The molecule has 164 valence electrons. The average Bonchev–Trinajstić information content (AvgIpc) is 2.83. The summed E-state index contributed by atoms with van der Waals surface area (Å²) in [5.41, 5.74) is 4.47. The van der Waals surface area contributed by atoms with Crippen molar-refractivity contribution in [1.82, 2.24) is 20.6 Å². The Labute approximate surface area is 182 Å². The van der Waals surface area contributed by atoms with Crippen LogP contribution >= 0.6 is 0 Å². The number of para-hydroxylation sites is 1. The van der Waals surface area contributed by atoms with E-state index in [1.54, 1.807) is 24.3 Å². The van der Waals surface area contributed by atoms with Gasteiger partial charge in [-0.15, -0.1) is 0 Å². The van der Waals surface area contributed by atoms with E-state index in [2.05, 4.69) is 16.0 Å². The predicted molar refractivity (Wildman–Crippen MR) is 113 cm³/mol. The lowest BCUT2D eigenvalue weighted by atomic mass is 10.2. The number of rotatable bonds is 6. The highest BCUT2D eigenvalue weighted by molar-refractivity contribution is 5.98. The number of benzene rings is 2. The van der Waals surface area contributed by atoms with Crippen LogP contribution in [0.25, 0.3) is 0 Å². The molecule has 2 amide bonds. The molecular formula is C22H20N4O6. The Balaban J connectivity index is 1.34. The number of amides is 2. The van der Waals surface area contributed by atoms with Gasteiger partial charge in [-0.3, -0.25) is 25.2 Å². The topological polar surface area (TPSA) is 121 Å². The first-order chi connectivity index (χ1) is 15.6. The second kappa shape index (κ2) is 9.65. The Morgan fingerprint density at radius 2 is 1.69 bits per heavy atom. The molecule has 0 spiro atoms. The van der Waals surface area contributed by atoms with E-state index in [0.717, 1.165) is 4.68 Å². The number of nitrogens with zero attached hydrogens (tertiary/aromatic N) is 2. The Hall–Kier alpha value is -4.34. The van der Waals surface area contributed by atoms with Gasteiger partial charge in [-0.2, -0.15) is 5.10 Å². The lowest BCUT2D eigenvalue weighted by molar-refractivity contribution is 0.0841. The summed E-state index contributed by atoms with van der Waals surface area (Å²) in [5.74, 6) is 0.464. The quantitative estimate of drug-likeness (QED) is 0.557. The van der Waals surface area contributed by atoms with Crippen molar-refractivity contribution in [2.75, 3.05) is 19.8 Å². The van der Waals surface area contributed by atoms with Crippen LogP contribution < -0.4 is 30.6 Å². The Bertz CT molecular complexity index is 1180. The molecule has 32 heavy (non-hydrogen) atoms. The van der Waals surface area contributed by atoms with Gasteiger partial charge in [-0.05, 0) is 36.4 Å². The minimum absolute atomic E-state index is 0.0354. The van der Waals surface area contributed by atoms with E-state index in [1.807, 2.05) is 18.2 Å². The SMILES string of the molecule is O=C(NNC(=O)c1ccc(=O)n(CCOc2ccccc2)n1)c1ccc2c(c1)OCCO2. The molecule has 0 aliphatic carbocycles. The van der Waals surface area contributed by atoms with Crippen LogP contribution in [0.15, 0.2) is 65.5 Å². The summed E-state index contributed by atoms with van der Waals surface area (Å²) < 4.78 is 17.5. The van der Waals surface area contributed by atoms with Crippen LogP contribution in [0, 0.1) is 0 Å². The largest absolute Gasteiger partial charge is 0.492 e. The molecule has 0 saturated heterocycles. The highest BCUT2D eigenvalue weighted by Gasteiger charge is 2.16. The first kappa shape index (κ1) is 20.9. The van der Waals surface area contributed by atoms with Crippen molar-refractivity contribution < 1.29 is 23.8 Å². The second-order valence-electron chi connectivity index (χ2n) is 6.71. The molecule has 0 unspecified atom stereocenters. The Morgan fingerprint density at radius 1 is 0.938 bits per heavy atom. The fourth-order valence-electron chi connectivity index (χ4n) is 2.93. The second-order valence-corrected chi connectivity index (χ2v) is 6.71. The van der Waals surface area contributed by atoms with E-state index < -0.39 is 11.8 Å². The molecule has 0 radical (unpaired) electrons. The first-order valence-corrected chi connectivity index (χ1v) is 9.86. The molecule has 2 aromatic carbocycles. The van der Waals surface area contributed by atoms with Crippen molar-refractivity contribution in [2.45, 2.75) is 6.54 Å². The van der Waals surface area contributed by atoms with Gasteiger partial charge in [-0.25, -0.2) is 4.68 Å². The third-order valence-electron chi connectivity index (χ3n) is 4.51. The van der Waals surface area contributed by atoms with Crippen LogP contribution in [0.3, 0.4) is 0 Å². The third-order valence-corrected chi connectivity index (χ3v) is 4.51. The van der Waals surface area contributed by atoms with Crippen LogP contribution in [0.1, 0.15) is 20.8 Å². The van der Waals surface area contributed by atoms with Crippen molar-refractivity contribution in [2.24, 2.45) is 0 Å². The van der Waals surface area contributed by atoms with Crippen LogP contribution in [-0.4, -0.2) is 41.4 Å². The summed E-state index contributed by atoms with van der Waals surface area (Å²) in [5, 5.41) is 4.04. The lowest BCUT2D eigenvalue weighted by Gasteiger charge is -2.18. The third kappa shape index (κ3) is 5.04. The van der Waals surface area contributed by atoms with E-state index in [-0.39, 0.29) is 30.0 Å². The molecule has 1 aliphatic heterocycles. The van der Waals surface area contributed by atoms with Gasteiger partial charge in [0.1, 0.15) is 25.6 Å². The highest BCUT2D eigenvalue weighted by Crippen LogP contribution is 2.30. The summed E-state index contributed by atoms with van der Waals surface area (Å²) in [6.07, 6.45) is 0. The zero-order valence-corrected chi connectivity index (χ0v) is 16.9. The summed E-state index contributed by atoms with van der Waals surface area (Å²) in [6.45, 7) is 1.19. The first-order valence-electron chi connectivity index (χ1n) is 9.86. The maximum absolute atomic E-state index is 12.4. The fraction of sp³-hybridized carbons (Fsp3) is 0.182. The number of aromatic nitrogens is 2. The Morgan fingerprint density at radius 3 is 2.50 bits per heavy atom. The van der Waals surface area contributed by atoms with E-state index in [0.29, 0.717) is 30.5 Å². The van der Waals surface area contributed by atoms with E-state index in [4.69, 9.17) is 14.2 Å². The normalized spacial score (nSPS) is 12.0. The van der Waals surface area contributed by atoms with Gasteiger partial charge in [-0.1, -0.05) is 18.2 Å². The lowest BCUT2D eigenvalue weighted by Crippen LogP contribution is -2.42. The van der Waals surface area contributed by atoms with Crippen molar-refractivity contribution >= 4 is 11.8 Å². The number of ether oxygens (including phenoxy) is 3. The number of carbonyl (C=O) groups excluding carboxylic acids is 2. The van der Waals surface area contributed by atoms with Crippen molar-refractivity contribution in [3.63, 3.8) is 0 Å². The molecule has 2 heterocycles. The van der Waals surface area contributed by atoms with Crippen molar-refractivity contribution in [3.05, 3.63) is 82.3 Å². The van der Waals surface area contributed by atoms with Crippen LogP contribution in [0.2, 0.25) is 0 Å². The number of hydrazine groups is 1. The van der Waals surface area contributed by atoms with Crippen LogP contribution in [0.5, 0.6) is 17.2 Å². The molecule has 0 atom stereocenters. The molecule has 1 aromatic heterocycles. The summed E-state index contributed by atoms with van der Waals surface area (Å²) in [6, 6.07) is 16.4. The van der Waals surface area contributed by atoms with Crippen molar-refractivity contribution in [3.8, 4) is 17.2 Å². The number of fused-ring (bicyclic) bond motifs is 1. The summed E-state index contributed by atoms with van der Waals surface area (Å²) in [4.78, 5) is 36.8. The van der Waals surface area contributed by atoms with Crippen LogP contribution in [0.4, 0.5) is 0 Å². The minimum atomic E-state index is -0.673. The number of carbonyl (C=O) groups is 2. The molecule has 1 aliphatic rings. The molecular weight excluding hydrogens is 416 g/mol. The van der Waals surface area contributed by atoms with Gasteiger partial charge in [0, 0.05) is 11.6 Å². The standard InChI is InChI=1S/C22H20N4O6/c27-20-9-7-17(25-26(20)10-11-30-16-4-2-1-3-5-16)22(29)24-23-21(28)15-6-8-18-19(14-15)32-13-12-31-18/h1-9,14H,10-13H2,(H,23,28)(H,24,29).